The minimum atomic E-state index is -0.510. The molecule has 3 aliphatic heterocycles. The molecule has 0 radical (unpaired) electrons. The number of amides is 5. The van der Waals surface area contributed by atoms with E-state index in [1.54, 1.807) is 16.9 Å². The van der Waals surface area contributed by atoms with Gasteiger partial charge in [-0.05, 0) is 87.9 Å². The molecule has 3 aliphatic rings. The highest BCUT2D eigenvalue weighted by atomic mass is 16.6. The van der Waals surface area contributed by atoms with Crippen molar-refractivity contribution in [2.24, 2.45) is 5.92 Å². The Hall–Kier alpha value is -4.28. The molecule has 11 heteroatoms. The number of anilines is 2. The topological polar surface area (TPSA) is 103 Å². The predicted octanol–water partition coefficient (Wildman–Crippen LogP) is 4.66. The van der Waals surface area contributed by atoms with Gasteiger partial charge in [-0.2, -0.15) is 0 Å². The number of urea groups is 1. The van der Waals surface area contributed by atoms with Crippen LogP contribution in [0, 0.1) is 12.8 Å². The van der Waals surface area contributed by atoms with Crippen molar-refractivity contribution < 1.29 is 28.7 Å². The highest BCUT2D eigenvalue weighted by molar-refractivity contribution is 6.06. The van der Waals surface area contributed by atoms with Crippen molar-refractivity contribution in [3.8, 4) is 5.75 Å². The van der Waals surface area contributed by atoms with Gasteiger partial charge in [-0.25, -0.2) is 9.59 Å². The van der Waals surface area contributed by atoms with E-state index < -0.39 is 5.60 Å². The lowest BCUT2D eigenvalue weighted by Crippen LogP contribution is -2.53. The Labute approximate surface area is 265 Å². The fraction of sp³-hybridized carbons (Fsp3) is 0.529. The summed E-state index contributed by atoms with van der Waals surface area (Å²) in [6, 6.07) is 12.9. The van der Waals surface area contributed by atoms with Crippen molar-refractivity contribution in [3.63, 3.8) is 0 Å². The standard InChI is InChI=1S/C34H45N5O6/c1-24-20-27(8-11-29(24)38-17-14-30(40)39(32(38)42)22-25-6-9-28(44-5)10-7-25)36-18-19-37(31(41)23-36)21-26-12-15-35(16-13-26)33(43)45-34(2,3)4/h6-11,20,26H,12-19,21-23H2,1-5H3. The van der Waals surface area contributed by atoms with Crippen LogP contribution in [0.3, 0.4) is 0 Å². The largest absolute Gasteiger partial charge is 0.497 e. The van der Waals surface area contributed by atoms with Crippen molar-refractivity contribution in [2.75, 3.05) is 62.7 Å². The Morgan fingerprint density at radius 3 is 2.24 bits per heavy atom. The molecule has 0 N–H and O–H groups in total. The lowest BCUT2D eigenvalue weighted by Gasteiger charge is -2.40. The Morgan fingerprint density at radius 2 is 1.62 bits per heavy atom. The summed E-state index contributed by atoms with van der Waals surface area (Å²) < 4.78 is 10.7. The first-order valence-electron chi connectivity index (χ1n) is 15.8. The van der Waals surface area contributed by atoms with Gasteiger partial charge in [-0.1, -0.05) is 12.1 Å². The lowest BCUT2D eigenvalue weighted by atomic mass is 9.96. The average molecular weight is 620 g/mol. The van der Waals surface area contributed by atoms with E-state index >= 15 is 0 Å². The third-order valence-electron chi connectivity index (χ3n) is 8.71. The first-order valence-corrected chi connectivity index (χ1v) is 15.8. The number of nitrogens with zero attached hydrogens (tertiary/aromatic N) is 5. The van der Waals surface area contributed by atoms with Gasteiger partial charge >= 0.3 is 12.1 Å². The van der Waals surface area contributed by atoms with Crippen LogP contribution in [0.15, 0.2) is 42.5 Å². The second-order valence-electron chi connectivity index (χ2n) is 13.2. The summed E-state index contributed by atoms with van der Waals surface area (Å²) in [5.74, 6) is 0.981. The van der Waals surface area contributed by atoms with Gasteiger partial charge in [0.25, 0.3) is 0 Å². The summed E-state index contributed by atoms with van der Waals surface area (Å²) in [6.07, 6.45) is 1.69. The van der Waals surface area contributed by atoms with Crippen molar-refractivity contribution in [3.05, 3.63) is 53.6 Å². The van der Waals surface area contributed by atoms with Crippen molar-refractivity contribution >= 4 is 35.3 Å². The molecular weight excluding hydrogens is 574 g/mol. The summed E-state index contributed by atoms with van der Waals surface area (Å²) in [5, 5.41) is 0. The Balaban J connectivity index is 1.15. The maximum atomic E-state index is 13.5. The highest BCUT2D eigenvalue weighted by Gasteiger charge is 2.34. The number of imide groups is 1. The molecular formula is C34H45N5O6. The Bertz CT molecular complexity index is 1410. The zero-order valence-electron chi connectivity index (χ0n) is 27.1. The quantitative estimate of drug-likeness (QED) is 0.444. The van der Waals surface area contributed by atoms with E-state index in [-0.39, 0.29) is 36.9 Å². The molecule has 0 bridgehead atoms. The molecule has 3 fully saturated rings. The van der Waals surface area contributed by atoms with Crippen LogP contribution in [0.5, 0.6) is 5.75 Å². The molecule has 45 heavy (non-hydrogen) atoms. The van der Waals surface area contributed by atoms with Crippen LogP contribution in [0.2, 0.25) is 0 Å². The van der Waals surface area contributed by atoms with Crippen molar-refractivity contribution in [1.29, 1.82) is 0 Å². The molecule has 0 saturated carbocycles. The first kappa shape index (κ1) is 32.1. The SMILES string of the molecule is COc1ccc(CN2C(=O)CCN(c3ccc(N4CCN(CC5CCN(C(=O)OC(C)(C)C)CC5)C(=O)C4)cc3C)C2=O)cc1. The molecule has 5 amide bonds. The van der Waals surface area contributed by atoms with E-state index in [2.05, 4.69) is 4.90 Å². The zero-order chi connectivity index (χ0) is 32.3. The molecule has 5 rings (SSSR count). The second-order valence-corrected chi connectivity index (χ2v) is 13.2. The molecule has 0 spiro atoms. The lowest BCUT2D eigenvalue weighted by molar-refractivity contribution is -0.132. The van der Waals surface area contributed by atoms with E-state index in [0.29, 0.717) is 57.5 Å². The number of hydrogen-bond acceptors (Lipinski definition) is 7. The number of piperazine rings is 1. The predicted molar refractivity (Wildman–Crippen MR) is 171 cm³/mol. The summed E-state index contributed by atoms with van der Waals surface area (Å²) in [4.78, 5) is 60.5. The summed E-state index contributed by atoms with van der Waals surface area (Å²) in [5.41, 5.74) is 2.95. The van der Waals surface area contributed by atoms with E-state index in [1.807, 2.05) is 75.1 Å². The van der Waals surface area contributed by atoms with Crippen molar-refractivity contribution in [2.45, 2.75) is 59.1 Å². The molecule has 242 valence electrons. The minimum Gasteiger partial charge on any atom is -0.497 e. The molecule has 0 unspecified atom stereocenters. The maximum Gasteiger partial charge on any atom is 0.410 e. The van der Waals surface area contributed by atoms with Crippen LogP contribution in [-0.2, 0) is 20.9 Å². The van der Waals surface area contributed by atoms with Gasteiger partial charge in [0.1, 0.15) is 11.4 Å². The molecule has 0 aliphatic carbocycles. The number of piperidine rings is 1. The van der Waals surface area contributed by atoms with Gasteiger partial charge in [0.2, 0.25) is 11.8 Å². The van der Waals surface area contributed by atoms with Gasteiger partial charge in [-0.3, -0.25) is 19.4 Å². The summed E-state index contributed by atoms with van der Waals surface area (Å²) in [7, 11) is 1.60. The number of hydrogen-bond donors (Lipinski definition) is 0. The van der Waals surface area contributed by atoms with E-state index in [9.17, 15) is 19.2 Å². The number of benzene rings is 2. The normalized spacial score (nSPS) is 18.5. The zero-order valence-corrected chi connectivity index (χ0v) is 27.1. The van der Waals surface area contributed by atoms with E-state index in [0.717, 1.165) is 35.3 Å². The molecule has 0 atom stereocenters. The number of aryl methyl sites for hydroxylation is 1. The molecule has 2 aromatic carbocycles. The third-order valence-corrected chi connectivity index (χ3v) is 8.71. The van der Waals surface area contributed by atoms with Crippen LogP contribution in [0.4, 0.5) is 21.0 Å². The second kappa shape index (κ2) is 13.4. The van der Waals surface area contributed by atoms with E-state index in [4.69, 9.17) is 9.47 Å². The third kappa shape index (κ3) is 7.69. The smallest absolute Gasteiger partial charge is 0.410 e. The van der Waals surface area contributed by atoms with Gasteiger partial charge < -0.3 is 24.2 Å². The maximum absolute atomic E-state index is 13.5. The van der Waals surface area contributed by atoms with Gasteiger partial charge in [0.05, 0.1) is 20.2 Å². The molecule has 3 saturated heterocycles. The molecule has 0 aromatic heterocycles. The minimum absolute atomic E-state index is 0.0939. The monoisotopic (exact) mass is 619 g/mol. The number of ether oxygens (including phenoxy) is 2. The number of carbonyl (C=O) groups excluding carboxylic acids is 4. The van der Waals surface area contributed by atoms with Crippen molar-refractivity contribution in [1.82, 2.24) is 14.7 Å². The molecule has 11 nitrogen and oxygen atoms in total. The molecule has 2 aromatic rings. The molecule has 3 heterocycles. The van der Waals surface area contributed by atoms with Gasteiger partial charge in [0.15, 0.2) is 0 Å². The Kier molecular flexibility index (Phi) is 9.55. The summed E-state index contributed by atoms with van der Waals surface area (Å²) >= 11 is 0. The fourth-order valence-electron chi connectivity index (χ4n) is 6.18. The van der Waals surface area contributed by atoms with Gasteiger partial charge in [-0.15, -0.1) is 0 Å². The number of rotatable bonds is 7. The highest BCUT2D eigenvalue weighted by Crippen LogP contribution is 2.30. The van der Waals surface area contributed by atoms with E-state index in [1.165, 1.54) is 4.90 Å². The van der Waals surface area contributed by atoms with Crippen LogP contribution in [0.1, 0.15) is 51.2 Å². The number of methoxy groups -OCH3 is 1. The fourth-order valence-corrected chi connectivity index (χ4v) is 6.18. The summed E-state index contributed by atoms with van der Waals surface area (Å²) in [6.45, 7) is 11.7. The van der Waals surface area contributed by atoms with Crippen LogP contribution >= 0.6 is 0 Å². The average Bonchev–Trinajstić information content (AvgIpc) is 3.00. The van der Waals surface area contributed by atoms with Crippen LogP contribution in [-0.4, -0.2) is 97.2 Å². The Morgan fingerprint density at radius 1 is 0.911 bits per heavy atom. The van der Waals surface area contributed by atoms with Crippen LogP contribution in [0.25, 0.3) is 0 Å². The first-order chi connectivity index (χ1) is 21.4. The number of likely N-dealkylation sites (tertiary alicyclic amines) is 1. The van der Waals surface area contributed by atoms with Gasteiger partial charge in [0, 0.05) is 57.1 Å². The van der Waals surface area contributed by atoms with Crippen LogP contribution < -0.4 is 14.5 Å². The number of carbonyl (C=O) groups is 4.